The van der Waals surface area contributed by atoms with Crippen LogP contribution in [-0.2, 0) is 4.74 Å². The van der Waals surface area contributed by atoms with Gasteiger partial charge >= 0.3 is 6.09 Å². The van der Waals surface area contributed by atoms with E-state index in [-0.39, 0.29) is 18.0 Å². The molecule has 0 saturated carbocycles. The smallest absolute Gasteiger partial charge is 0.410 e. The van der Waals surface area contributed by atoms with E-state index in [1.165, 1.54) is 12.3 Å². The molecule has 1 saturated heterocycles. The Morgan fingerprint density at radius 2 is 2.04 bits per heavy atom. The number of halogens is 1. The van der Waals surface area contributed by atoms with Crippen LogP contribution in [-0.4, -0.2) is 40.7 Å². The Morgan fingerprint density at radius 1 is 1.39 bits per heavy atom. The number of aromatic nitrogens is 1. The number of pyridine rings is 1. The Balaban J connectivity index is 1.80. The predicted octanol–water partition coefficient (Wildman–Crippen LogP) is 3.27. The number of amides is 1. The molecule has 2 rings (SSSR count). The maximum atomic E-state index is 12.9. The molecule has 1 aliphatic rings. The molecule has 1 atom stereocenters. The van der Waals surface area contributed by atoms with E-state index < -0.39 is 5.60 Å². The predicted molar refractivity (Wildman–Crippen MR) is 86.6 cm³/mol. The Hall–Kier alpha value is -1.69. The zero-order valence-electron chi connectivity index (χ0n) is 14.3. The molecule has 1 fully saturated rings. The van der Waals surface area contributed by atoms with Crippen LogP contribution >= 0.6 is 0 Å². The summed E-state index contributed by atoms with van der Waals surface area (Å²) in [6.07, 6.45) is 2.72. The van der Waals surface area contributed by atoms with Gasteiger partial charge in [-0.2, -0.15) is 0 Å². The molecule has 1 amide bonds. The first-order valence-corrected chi connectivity index (χ1v) is 8.10. The van der Waals surface area contributed by atoms with Crippen LogP contribution in [0.3, 0.4) is 0 Å². The molecule has 0 aromatic carbocycles. The van der Waals surface area contributed by atoms with Crippen molar-refractivity contribution in [3.05, 3.63) is 29.8 Å². The van der Waals surface area contributed by atoms with Crippen LogP contribution < -0.4 is 5.32 Å². The van der Waals surface area contributed by atoms with Crippen molar-refractivity contribution in [2.45, 2.75) is 58.2 Å². The number of ether oxygens (including phenoxy) is 1. The number of piperidine rings is 1. The van der Waals surface area contributed by atoms with E-state index in [0.29, 0.717) is 19.1 Å². The molecule has 0 radical (unpaired) electrons. The average molecular weight is 323 g/mol. The average Bonchev–Trinajstić information content (AvgIpc) is 2.46. The Kier molecular flexibility index (Phi) is 5.57. The molecule has 1 aliphatic heterocycles. The minimum Gasteiger partial charge on any atom is -0.444 e. The number of likely N-dealkylation sites (tertiary alicyclic amines) is 1. The van der Waals surface area contributed by atoms with E-state index >= 15 is 0 Å². The summed E-state index contributed by atoms with van der Waals surface area (Å²) in [6, 6.07) is 3.48. The minimum absolute atomic E-state index is 0.0497. The first-order chi connectivity index (χ1) is 10.7. The SMILES string of the molecule is CC(NC1CCN(C(=O)OC(C)(C)C)CC1)c1ccc(F)cn1. The highest BCUT2D eigenvalue weighted by Gasteiger charge is 2.27. The third-order valence-corrected chi connectivity index (χ3v) is 3.83. The van der Waals surface area contributed by atoms with Gasteiger partial charge in [0.15, 0.2) is 0 Å². The van der Waals surface area contributed by atoms with Gasteiger partial charge in [-0.15, -0.1) is 0 Å². The van der Waals surface area contributed by atoms with Crippen molar-refractivity contribution in [3.8, 4) is 0 Å². The highest BCUT2D eigenvalue weighted by Crippen LogP contribution is 2.18. The standard InChI is InChI=1S/C17H26FN3O2/c1-12(15-6-5-13(18)11-19-15)20-14-7-9-21(10-8-14)16(22)23-17(2,3)4/h5-6,11-12,14,20H,7-10H2,1-4H3. The van der Waals surface area contributed by atoms with Crippen LogP contribution in [0.15, 0.2) is 18.3 Å². The topological polar surface area (TPSA) is 54.5 Å². The van der Waals surface area contributed by atoms with E-state index in [1.807, 2.05) is 27.7 Å². The summed E-state index contributed by atoms with van der Waals surface area (Å²) < 4.78 is 18.3. The lowest BCUT2D eigenvalue weighted by Gasteiger charge is -2.34. The molecule has 1 aromatic heterocycles. The summed E-state index contributed by atoms with van der Waals surface area (Å²) in [5.74, 6) is -0.327. The van der Waals surface area contributed by atoms with Gasteiger partial charge in [-0.05, 0) is 52.7 Å². The van der Waals surface area contributed by atoms with Gasteiger partial charge < -0.3 is 15.0 Å². The van der Waals surface area contributed by atoms with E-state index in [9.17, 15) is 9.18 Å². The highest BCUT2D eigenvalue weighted by molar-refractivity contribution is 5.68. The maximum Gasteiger partial charge on any atom is 0.410 e. The second kappa shape index (κ2) is 7.25. The van der Waals surface area contributed by atoms with Crippen molar-refractivity contribution in [1.82, 2.24) is 15.2 Å². The van der Waals surface area contributed by atoms with E-state index in [4.69, 9.17) is 4.74 Å². The normalized spacial score (nSPS) is 17.9. The van der Waals surface area contributed by atoms with Crippen molar-refractivity contribution in [2.75, 3.05) is 13.1 Å². The quantitative estimate of drug-likeness (QED) is 0.927. The van der Waals surface area contributed by atoms with Gasteiger partial charge in [0, 0.05) is 25.2 Å². The molecule has 1 N–H and O–H groups in total. The largest absolute Gasteiger partial charge is 0.444 e. The Bertz CT molecular complexity index is 520. The fraction of sp³-hybridized carbons (Fsp3) is 0.647. The van der Waals surface area contributed by atoms with Crippen LogP contribution in [0.5, 0.6) is 0 Å². The number of nitrogens with one attached hydrogen (secondary N) is 1. The number of hydrogen-bond acceptors (Lipinski definition) is 4. The molecule has 0 bridgehead atoms. The molecule has 0 spiro atoms. The Labute approximate surface area is 137 Å². The number of hydrogen-bond donors (Lipinski definition) is 1. The van der Waals surface area contributed by atoms with E-state index in [1.54, 1.807) is 11.0 Å². The van der Waals surface area contributed by atoms with Crippen molar-refractivity contribution < 1.29 is 13.9 Å². The molecule has 2 heterocycles. The number of nitrogens with zero attached hydrogens (tertiary/aromatic N) is 2. The van der Waals surface area contributed by atoms with Gasteiger partial charge in [-0.1, -0.05) is 0 Å². The summed E-state index contributed by atoms with van der Waals surface area (Å²) in [5, 5.41) is 3.50. The van der Waals surface area contributed by atoms with Gasteiger partial charge in [-0.3, -0.25) is 4.98 Å². The lowest BCUT2D eigenvalue weighted by molar-refractivity contribution is 0.0196. The van der Waals surface area contributed by atoms with Gasteiger partial charge in [0.05, 0.1) is 11.9 Å². The Morgan fingerprint density at radius 3 is 2.57 bits per heavy atom. The van der Waals surface area contributed by atoms with Gasteiger partial charge in [0.1, 0.15) is 11.4 Å². The zero-order chi connectivity index (χ0) is 17.0. The maximum absolute atomic E-state index is 12.9. The summed E-state index contributed by atoms with van der Waals surface area (Å²) in [4.78, 5) is 17.9. The first-order valence-electron chi connectivity index (χ1n) is 8.10. The minimum atomic E-state index is -0.463. The highest BCUT2D eigenvalue weighted by atomic mass is 19.1. The molecule has 128 valence electrons. The van der Waals surface area contributed by atoms with Crippen molar-refractivity contribution in [2.24, 2.45) is 0 Å². The van der Waals surface area contributed by atoms with Crippen LogP contribution in [0.1, 0.15) is 52.3 Å². The van der Waals surface area contributed by atoms with Crippen LogP contribution in [0.4, 0.5) is 9.18 Å². The fourth-order valence-corrected chi connectivity index (χ4v) is 2.64. The van der Waals surface area contributed by atoms with Gasteiger partial charge in [-0.25, -0.2) is 9.18 Å². The lowest BCUT2D eigenvalue weighted by Crippen LogP contribution is -2.47. The zero-order valence-corrected chi connectivity index (χ0v) is 14.3. The molecule has 0 aliphatic carbocycles. The second-order valence-corrected chi connectivity index (χ2v) is 7.03. The molecule has 6 heteroatoms. The molecule has 23 heavy (non-hydrogen) atoms. The fourth-order valence-electron chi connectivity index (χ4n) is 2.64. The molecular weight excluding hydrogens is 297 g/mol. The van der Waals surface area contributed by atoms with Gasteiger partial charge in [0.25, 0.3) is 0 Å². The van der Waals surface area contributed by atoms with E-state index in [0.717, 1.165) is 18.5 Å². The van der Waals surface area contributed by atoms with Gasteiger partial charge in [0.2, 0.25) is 0 Å². The van der Waals surface area contributed by atoms with Crippen LogP contribution in [0, 0.1) is 5.82 Å². The summed E-state index contributed by atoms with van der Waals surface area (Å²) in [7, 11) is 0. The third-order valence-electron chi connectivity index (χ3n) is 3.83. The van der Waals surface area contributed by atoms with Crippen LogP contribution in [0.2, 0.25) is 0 Å². The molecule has 1 unspecified atom stereocenters. The van der Waals surface area contributed by atoms with Crippen molar-refractivity contribution >= 4 is 6.09 Å². The van der Waals surface area contributed by atoms with Crippen molar-refractivity contribution in [1.29, 1.82) is 0 Å². The summed E-state index contributed by atoms with van der Waals surface area (Å²) in [5.41, 5.74) is 0.357. The second-order valence-electron chi connectivity index (χ2n) is 7.03. The molecule has 5 nitrogen and oxygen atoms in total. The number of carbonyl (C=O) groups excluding carboxylic acids is 1. The van der Waals surface area contributed by atoms with Crippen molar-refractivity contribution in [3.63, 3.8) is 0 Å². The summed E-state index contributed by atoms with van der Waals surface area (Å²) >= 11 is 0. The van der Waals surface area contributed by atoms with E-state index in [2.05, 4.69) is 10.3 Å². The lowest BCUT2D eigenvalue weighted by atomic mass is 10.0. The number of rotatable bonds is 3. The monoisotopic (exact) mass is 323 g/mol. The molecular formula is C17H26FN3O2. The summed E-state index contributed by atoms with van der Waals surface area (Å²) in [6.45, 7) is 8.98. The number of carbonyl (C=O) groups is 1. The third kappa shape index (κ3) is 5.46. The molecule has 1 aromatic rings. The van der Waals surface area contributed by atoms with Crippen LogP contribution in [0.25, 0.3) is 0 Å². The first kappa shape index (κ1) is 17.7.